The van der Waals surface area contributed by atoms with Crippen molar-refractivity contribution >= 4 is 29.7 Å². The molecule has 0 aliphatic heterocycles. The van der Waals surface area contributed by atoms with Gasteiger partial charge >= 0.3 is 23.9 Å². The number of esters is 3. The van der Waals surface area contributed by atoms with Crippen LogP contribution in [-0.2, 0) is 48.3 Å². The Bertz CT molecular complexity index is 2480. The molecule has 0 bridgehead atoms. The Kier molecular flexibility index (Phi) is 16.3. The number of aliphatic carboxylic acids is 1. The van der Waals surface area contributed by atoms with Crippen molar-refractivity contribution in [3.05, 3.63) is 181 Å². The minimum absolute atomic E-state index is 0.0388. The number of ketones is 1. The fraction of sp³-hybridized carbons (Fsp3) is 0.291. The lowest BCUT2D eigenvalue weighted by Crippen LogP contribution is -2.43. The lowest BCUT2D eigenvalue weighted by molar-refractivity contribution is -0.167. The van der Waals surface area contributed by atoms with E-state index in [0.717, 1.165) is 45.5 Å². The van der Waals surface area contributed by atoms with Gasteiger partial charge in [0.05, 0.1) is 17.3 Å². The first-order chi connectivity index (χ1) is 32.3. The van der Waals surface area contributed by atoms with Crippen molar-refractivity contribution in [1.29, 1.82) is 0 Å². The maximum Gasteiger partial charge on any atom is 0.330 e. The number of allylic oxidation sites excluding steroid dienone is 4. The van der Waals surface area contributed by atoms with Crippen molar-refractivity contribution in [2.24, 2.45) is 11.8 Å². The third kappa shape index (κ3) is 11.2. The maximum absolute atomic E-state index is 13.5. The zero-order valence-electron chi connectivity index (χ0n) is 38.0. The van der Waals surface area contributed by atoms with Crippen molar-refractivity contribution in [3.8, 4) is 22.6 Å². The van der Waals surface area contributed by atoms with Crippen LogP contribution in [0.5, 0.6) is 11.5 Å². The van der Waals surface area contributed by atoms with E-state index in [1.165, 1.54) is 0 Å². The number of Topliss-reactive ketones (excluding diaryl/α,β-unsaturated/α-hetero) is 1. The molecule has 6 rings (SSSR count). The average Bonchev–Trinajstić information content (AvgIpc) is 3.65. The predicted molar refractivity (Wildman–Crippen MR) is 252 cm³/mol. The number of ether oxygens (including phenoxy) is 6. The standard InChI is InChI=1S/C55H56O12/c1-7-17-36(8-2)51(58)54(5,6)67-42(35-65-50(57)10-4)34-63-40-30-26-38(27-31-40)55(47-22-15-13-18-43(47)44-19-14-16-23-48(44)55)37-24-28-39(29-25-37)62-32-41(33-64-49(56)9-3)66-53(61)46-21-12-11-20-45(46)52(59)60/h7,9-19,22-31,41-42,45-46H,1,3-4,8,20-21,32-35H2,2,5-6H3,(H,59,60)/b36-17+. The van der Waals surface area contributed by atoms with Gasteiger partial charge in [-0.25, -0.2) is 9.59 Å². The van der Waals surface area contributed by atoms with Gasteiger partial charge in [-0.1, -0.05) is 124 Å². The fourth-order valence-corrected chi connectivity index (χ4v) is 8.66. The number of rotatable bonds is 23. The Morgan fingerprint density at radius 1 is 0.687 bits per heavy atom. The highest BCUT2D eigenvalue weighted by molar-refractivity contribution is 6.01. The van der Waals surface area contributed by atoms with Crippen LogP contribution in [0.4, 0.5) is 0 Å². The van der Waals surface area contributed by atoms with Crippen LogP contribution >= 0.6 is 0 Å². The van der Waals surface area contributed by atoms with Gasteiger partial charge in [0.2, 0.25) is 0 Å². The molecule has 4 atom stereocenters. The van der Waals surface area contributed by atoms with Crippen LogP contribution in [0.3, 0.4) is 0 Å². The first-order valence-electron chi connectivity index (χ1n) is 22.1. The van der Waals surface area contributed by atoms with Crippen molar-refractivity contribution in [1.82, 2.24) is 0 Å². The van der Waals surface area contributed by atoms with Gasteiger partial charge in [0, 0.05) is 12.2 Å². The monoisotopic (exact) mass is 908 g/mol. The molecule has 0 amide bonds. The Labute approximate surface area is 391 Å². The van der Waals surface area contributed by atoms with Crippen LogP contribution in [-0.4, -0.2) is 79.0 Å². The molecule has 0 radical (unpaired) electrons. The highest BCUT2D eigenvalue weighted by atomic mass is 16.6. The minimum Gasteiger partial charge on any atom is -0.491 e. The molecule has 1 N–H and O–H groups in total. The lowest BCUT2D eigenvalue weighted by atomic mass is 9.68. The summed E-state index contributed by atoms with van der Waals surface area (Å²) in [7, 11) is 0. The lowest BCUT2D eigenvalue weighted by Gasteiger charge is -2.34. The van der Waals surface area contributed by atoms with Crippen molar-refractivity contribution in [2.45, 2.75) is 63.3 Å². The number of hydrogen-bond donors (Lipinski definition) is 1. The second kappa shape index (κ2) is 22.3. The van der Waals surface area contributed by atoms with Gasteiger partial charge in [-0.05, 0) is 96.3 Å². The molecule has 0 saturated heterocycles. The molecule has 0 fully saturated rings. The Morgan fingerprint density at radius 3 is 1.64 bits per heavy atom. The van der Waals surface area contributed by atoms with Crippen LogP contribution in [0.25, 0.3) is 11.1 Å². The second-order valence-corrected chi connectivity index (χ2v) is 16.6. The highest BCUT2D eigenvalue weighted by Gasteiger charge is 2.46. The molecule has 4 aromatic rings. The summed E-state index contributed by atoms with van der Waals surface area (Å²) in [4.78, 5) is 62.7. The summed E-state index contributed by atoms with van der Waals surface area (Å²) < 4.78 is 35.0. The van der Waals surface area contributed by atoms with Gasteiger partial charge in [0.1, 0.15) is 49.6 Å². The third-order valence-electron chi connectivity index (χ3n) is 11.9. The summed E-state index contributed by atoms with van der Waals surface area (Å²) in [6.07, 6.45) is 7.81. The molecule has 0 spiro atoms. The smallest absolute Gasteiger partial charge is 0.330 e. The molecule has 0 aromatic heterocycles. The van der Waals surface area contributed by atoms with Gasteiger partial charge in [-0.2, -0.15) is 0 Å². The summed E-state index contributed by atoms with van der Waals surface area (Å²) in [6, 6.07) is 31.9. The summed E-state index contributed by atoms with van der Waals surface area (Å²) in [5.41, 5.74) is 4.65. The van der Waals surface area contributed by atoms with Crippen molar-refractivity contribution in [2.75, 3.05) is 26.4 Å². The number of hydrogen-bond acceptors (Lipinski definition) is 11. The van der Waals surface area contributed by atoms with E-state index in [4.69, 9.17) is 28.4 Å². The van der Waals surface area contributed by atoms with Crippen molar-refractivity contribution in [3.63, 3.8) is 0 Å². The van der Waals surface area contributed by atoms with Gasteiger partial charge in [0.25, 0.3) is 0 Å². The second-order valence-electron chi connectivity index (χ2n) is 16.6. The van der Waals surface area contributed by atoms with Gasteiger partial charge in [-0.15, -0.1) is 0 Å². The van der Waals surface area contributed by atoms with E-state index in [0.29, 0.717) is 23.5 Å². The SMILES string of the molecule is C=C/C=C(\CC)C(=O)C(C)(C)OC(COC(=O)C=C)COc1ccc(C2(c3ccc(OCC(COC(=O)C=C)OC(=O)C4CC=CCC4C(=O)O)cc3)c3ccccc3-c3ccccc32)cc1. The van der Waals surface area contributed by atoms with Gasteiger partial charge < -0.3 is 33.5 Å². The van der Waals surface area contributed by atoms with Crippen LogP contribution in [0.1, 0.15) is 62.3 Å². The van der Waals surface area contributed by atoms with Crippen LogP contribution in [0, 0.1) is 11.8 Å². The molecule has 4 unspecified atom stereocenters. The topological polar surface area (TPSA) is 161 Å². The zero-order chi connectivity index (χ0) is 48.1. The molecule has 0 heterocycles. The molecule has 12 nitrogen and oxygen atoms in total. The Hall–Kier alpha value is -7.31. The minimum atomic E-state index is -1.27. The first kappa shape index (κ1) is 49.1. The molecule has 4 aromatic carbocycles. The Balaban J connectivity index is 1.27. The molecular weight excluding hydrogens is 853 g/mol. The van der Waals surface area contributed by atoms with E-state index >= 15 is 0 Å². The maximum atomic E-state index is 13.5. The van der Waals surface area contributed by atoms with E-state index < -0.39 is 58.9 Å². The summed E-state index contributed by atoms with van der Waals surface area (Å²) in [6.45, 7) is 15.1. The summed E-state index contributed by atoms with van der Waals surface area (Å²) in [5.74, 6) is -4.24. The highest BCUT2D eigenvalue weighted by Crippen LogP contribution is 2.56. The number of carbonyl (C=O) groups excluding carboxylic acids is 4. The van der Waals surface area contributed by atoms with E-state index in [1.807, 2.05) is 79.7 Å². The summed E-state index contributed by atoms with van der Waals surface area (Å²) >= 11 is 0. The van der Waals surface area contributed by atoms with E-state index in [9.17, 15) is 29.1 Å². The average molecular weight is 909 g/mol. The first-order valence-corrected chi connectivity index (χ1v) is 22.1. The van der Waals surface area contributed by atoms with E-state index in [2.05, 4.69) is 44.0 Å². The Morgan fingerprint density at radius 2 is 1.16 bits per heavy atom. The zero-order valence-corrected chi connectivity index (χ0v) is 38.0. The quantitative estimate of drug-likeness (QED) is 0.0218. The molecule has 12 heteroatoms. The number of carboxylic acids is 1. The molecular formula is C55H56O12. The number of fused-ring (bicyclic) bond motifs is 3. The van der Waals surface area contributed by atoms with E-state index in [-0.39, 0.29) is 45.1 Å². The molecule has 2 aliphatic carbocycles. The fourth-order valence-electron chi connectivity index (χ4n) is 8.66. The van der Waals surface area contributed by atoms with Gasteiger partial charge in [0.15, 0.2) is 11.9 Å². The molecule has 2 aliphatic rings. The van der Waals surface area contributed by atoms with Crippen molar-refractivity contribution < 1.29 is 57.5 Å². The predicted octanol–water partition coefficient (Wildman–Crippen LogP) is 9.10. The normalized spacial score (nSPS) is 16.8. The third-order valence-corrected chi connectivity index (χ3v) is 11.9. The van der Waals surface area contributed by atoms with Gasteiger partial charge in [-0.3, -0.25) is 14.4 Å². The number of benzene rings is 4. The van der Waals surface area contributed by atoms with Crippen LogP contribution in [0.15, 0.2) is 159 Å². The number of carboxylic acid groups (broad SMARTS) is 1. The van der Waals surface area contributed by atoms with Crippen LogP contribution in [0.2, 0.25) is 0 Å². The van der Waals surface area contributed by atoms with Crippen LogP contribution < -0.4 is 9.47 Å². The molecule has 67 heavy (non-hydrogen) atoms. The summed E-state index contributed by atoms with van der Waals surface area (Å²) in [5, 5.41) is 9.73. The number of carbonyl (C=O) groups is 5. The van der Waals surface area contributed by atoms with E-state index in [1.54, 1.807) is 38.2 Å². The largest absolute Gasteiger partial charge is 0.491 e. The molecule has 0 saturated carbocycles. The molecule has 348 valence electrons.